The molecule has 12 nitrogen and oxygen atoms in total. The molecular weight excluding hydrogens is 538 g/mol. The second-order valence-electron chi connectivity index (χ2n) is 9.89. The maximum atomic E-state index is 12.7. The van der Waals surface area contributed by atoms with Crippen molar-refractivity contribution in [3.63, 3.8) is 0 Å². The van der Waals surface area contributed by atoms with Gasteiger partial charge in [-0.05, 0) is 48.4 Å². The smallest absolute Gasteiger partial charge is 0.324 e. The molecule has 0 aliphatic carbocycles. The predicted octanol–water partition coefficient (Wildman–Crippen LogP) is 5.01. The summed E-state index contributed by atoms with van der Waals surface area (Å²) < 4.78 is 16.4. The zero-order chi connectivity index (χ0) is 29.1. The van der Waals surface area contributed by atoms with Gasteiger partial charge in [-0.15, -0.1) is 0 Å². The van der Waals surface area contributed by atoms with Gasteiger partial charge in [-0.25, -0.2) is 4.79 Å². The fourth-order valence-corrected chi connectivity index (χ4v) is 4.39. The molecule has 5 rings (SSSR count). The van der Waals surface area contributed by atoms with Gasteiger partial charge in [-0.1, -0.05) is 30.6 Å². The first-order chi connectivity index (χ1) is 20.6. The van der Waals surface area contributed by atoms with Gasteiger partial charge in [0.05, 0.1) is 18.9 Å². The highest BCUT2D eigenvalue weighted by molar-refractivity contribution is 6.04. The molecule has 0 unspecified atom stereocenters. The number of aromatic amines is 1. The van der Waals surface area contributed by atoms with Crippen molar-refractivity contribution in [3.8, 4) is 17.0 Å². The van der Waals surface area contributed by atoms with Crippen LogP contribution in [-0.4, -0.2) is 71.6 Å². The Morgan fingerprint density at radius 1 is 0.976 bits per heavy atom. The van der Waals surface area contributed by atoms with Crippen molar-refractivity contribution in [2.45, 2.75) is 26.2 Å². The Morgan fingerprint density at radius 2 is 1.76 bits per heavy atom. The molecule has 4 N–H and O–H groups in total. The Kier molecular flexibility index (Phi) is 9.81. The van der Waals surface area contributed by atoms with Crippen LogP contribution < -0.4 is 20.7 Å². The van der Waals surface area contributed by atoms with Gasteiger partial charge in [0.1, 0.15) is 18.1 Å². The summed E-state index contributed by atoms with van der Waals surface area (Å²) in [4.78, 5) is 27.4. The van der Waals surface area contributed by atoms with Crippen LogP contribution in [0.2, 0.25) is 0 Å². The second-order valence-corrected chi connectivity index (χ2v) is 9.89. The molecule has 0 spiro atoms. The van der Waals surface area contributed by atoms with E-state index in [9.17, 15) is 9.59 Å². The van der Waals surface area contributed by atoms with Crippen LogP contribution >= 0.6 is 0 Å². The molecule has 1 aliphatic rings. The van der Waals surface area contributed by atoms with Crippen molar-refractivity contribution in [2.75, 3.05) is 55.4 Å². The van der Waals surface area contributed by atoms with Gasteiger partial charge in [-0.3, -0.25) is 20.1 Å². The molecule has 1 aliphatic heterocycles. The van der Waals surface area contributed by atoms with Crippen molar-refractivity contribution >= 4 is 29.3 Å². The van der Waals surface area contributed by atoms with Crippen LogP contribution in [-0.2, 0) is 11.2 Å². The molecule has 1 saturated heterocycles. The molecular formula is C30H35N7O5. The van der Waals surface area contributed by atoms with Gasteiger partial charge >= 0.3 is 6.03 Å². The number of unbranched alkanes of at least 4 members (excludes halogenated alkanes) is 1. The summed E-state index contributed by atoms with van der Waals surface area (Å²) in [5.74, 6) is 1.94. The number of amides is 3. The van der Waals surface area contributed by atoms with E-state index < -0.39 is 6.03 Å². The van der Waals surface area contributed by atoms with E-state index in [2.05, 4.69) is 43.1 Å². The first-order valence-corrected chi connectivity index (χ1v) is 14.1. The largest absolute Gasteiger partial charge is 0.492 e. The molecule has 0 radical (unpaired) electrons. The molecule has 0 saturated carbocycles. The summed E-state index contributed by atoms with van der Waals surface area (Å²) in [5, 5.41) is 19.3. The van der Waals surface area contributed by atoms with Crippen LogP contribution in [0.5, 0.6) is 5.75 Å². The van der Waals surface area contributed by atoms with Gasteiger partial charge in [0.15, 0.2) is 11.6 Å². The first kappa shape index (κ1) is 28.8. The number of hydrogen-bond acceptors (Lipinski definition) is 8. The topological polar surface area (TPSA) is 147 Å². The van der Waals surface area contributed by atoms with Crippen molar-refractivity contribution in [3.05, 3.63) is 72.0 Å². The molecule has 12 heteroatoms. The first-order valence-electron chi connectivity index (χ1n) is 14.1. The van der Waals surface area contributed by atoms with Crippen LogP contribution in [0.1, 0.15) is 35.9 Å². The number of morpholine rings is 1. The van der Waals surface area contributed by atoms with Crippen molar-refractivity contribution in [1.82, 2.24) is 20.3 Å². The third kappa shape index (κ3) is 8.18. The van der Waals surface area contributed by atoms with Gasteiger partial charge in [-0.2, -0.15) is 5.10 Å². The van der Waals surface area contributed by atoms with E-state index in [1.165, 1.54) is 0 Å². The Labute approximate surface area is 243 Å². The number of anilines is 3. The number of aryl methyl sites for hydroxylation is 1. The van der Waals surface area contributed by atoms with Crippen molar-refractivity contribution in [2.24, 2.45) is 0 Å². The minimum absolute atomic E-state index is 0.275. The number of benzene rings is 2. The molecule has 2 aromatic heterocycles. The molecule has 0 bridgehead atoms. The highest BCUT2D eigenvalue weighted by atomic mass is 16.5. The standard InChI is InChI=1S/C30H35N7O5/c1-2-3-4-25-19-28(36-42-25)33-30(39)31-23-9-5-21(6-10-23)26-20-27(35-34-26)32-29(38)22-7-11-24(12-8-22)41-18-15-37-13-16-40-17-14-37/h5-12,19-20H,2-4,13-18H2,1H3,(H2,31,33,36,39)(H2,32,34,35,38). The number of nitrogens with zero attached hydrogens (tertiary/aromatic N) is 3. The van der Waals surface area contributed by atoms with E-state index >= 15 is 0 Å². The number of carbonyl (C=O) groups excluding carboxylic acids is 2. The number of rotatable bonds is 12. The van der Waals surface area contributed by atoms with Crippen LogP contribution in [0.3, 0.4) is 0 Å². The summed E-state index contributed by atoms with van der Waals surface area (Å²) in [6, 6.07) is 17.3. The average molecular weight is 574 g/mol. The second kappa shape index (κ2) is 14.3. The normalized spacial score (nSPS) is 13.5. The molecule has 0 atom stereocenters. The third-order valence-electron chi connectivity index (χ3n) is 6.75. The molecule has 220 valence electrons. The molecule has 2 aromatic carbocycles. The Morgan fingerprint density at radius 3 is 2.52 bits per heavy atom. The fourth-order valence-electron chi connectivity index (χ4n) is 4.39. The van der Waals surface area contributed by atoms with Crippen molar-refractivity contribution in [1.29, 1.82) is 0 Å². The summed E-state index contributed by atoms with van der Waals surface area (Å²) >= 11 is 0. The SMILES string of the molecule is CCCCc1cc(NC(=O)Nc2ccc(-c3cc(NC(=O)c4ccc(OCCN5CCOCC5)cc4)n[nH]3)cc2)no1. The van der Waals surface area contributed by atoms with Crippen LogP contribution in [0, 0.1) is 0 Å². The van der Waals surface area contributed by atoms with Crippen molar-refractivity contribution < 1.29 is 23.6 Å². The Bertz CT molecular complexity index is 1440. The summed E-state index contributed by atoms with van der Waals surface area (Å²) in [6.07, 6.45) is 2.83. The summed E-state index contributed by atoms with van der Waals surface area (Å²) in [5.41, 5.74) is 2.65. The van der Waals surface area contributed by atoms with Crippen LogP contribution in [0.4, 0.5) is 22.1 Å². The van der Waals surface area contributed by atoms with E-state index in [0.29, 0.717) is 40.9 Å². The molecule has 3 amide bonds. The quantitative estimate of drug-likeness (QED) is 0.185. The van der Waals surface area contributed by atoms with Gasteiger partial charge in [0.25, 0.3) is 5.91 Å². The Hall–Kier alpha value is -4.68. The lowest BCUT2D eigenvalue weighted by atomic mass is 10.1. The number of ether oxygens (including phenoxy) is 2. The number of urea groups is 1. The van der Waals surface area contributed by atoms with E-state index in [4.69, 9.17) is 14.0 Å². The summed E-state index contributed by atoms with van der Waals surface area (Å²) in [6.45, 7) is 6.88. The van der Waals surface area contributed by atoms with Crippen LogP contribution in [0.15, 0.2) is 65.2 Å². The van der Waals surface area contributed by atoms with E-state index in [0.717, 1.165) is 63.4 Å². The van der Waals surface area contributed by atoms with E-state index in [1.54, 1.807) is 48.5 Å². The molecule has 4 aromatic rings. The maximum Gasteiger partial charge on any atom is 0.324 e. The zero-order valence-corrected chi connectivity index (χ0v) is 23.5. The minimum atomic E-state index is -0.419. The zero-order valence-electron chi connectivity index (χ0n) is 23.5. The average Bonchev–Trinajstić information content (AvgIpc) is 3.67. The highest BCUT2D eigenvalue weighted by Crippen LogP contribution is 2.23. The van der Waals surface area contributed by atoms with E-state index in [-0.39, 0.29) is 5.91 Å². The maximum absolute atomic E-state index is 12.7. The highest BCUT2D eigenvalue weighted by Gasteiger charge is 2.13. The fraction of sp³-hybridized carbons (Fsp3) is 0.333. The lowest BCUT2D eigenvalue weighted by Gasteiger charge is -2.26. The monoisotopic (exact) mass is 573 g/mol. The van der Waals surface area contributed by atoms with Crippen LogP contribution in [0.25, 0.3) is 11.3 Å². The lowest BCUT2D eigenvalue weighted by Crippen LogP contribution is -2.38. The summed E-state index contributed by atoms with van der Waals surface area (Å²) in [7, 11) is 0. The lowest BCUT2D eigenvalue weighted by molar-refractivity contribution is 0.0322. The van der Waals surface area contributed by atoms with E-state index in [1.807, 2.05) is 12.1 Å². The minimum Gasteiger partial charge on any atom is -0.492 e. The molecule has 3 heterocycles. The molecule has 42 heavy (non-hydrogen) atoms. The predicted molar refractivity (Wildman–Crippen MR) is 159 cm³/mol. The van der Waals surface area contributed by atoms with Gasteiger partial charge < -0.3 is 24.6 Å². The van der Waals surface area contributed by atoms with Gasteiger partial charge in [0.2, 0.25) is 0 Å². The third-order valence-corrected chi connectivity index (χ3v) is 6.75. The van der Waals surface area contributed by atoms with Gasteiger partial charge in [0, 0.05) is 49.4 Å². The number of H-pyrrole nitrogens is 1. The number of carbonyl (C=O) groups is 2. The number of hydrogen-bond donors (Lipinski definition) is 4. The number of nitrogens with one attached hydrogen (secondary N) is 4. The molecule has 1 fully saturated rings. The Balaban J connectivity index is 1.08. The number of aromatic nitrogens is 3.